The summed E-state index contributed by atoms with van der Waals surface area (Å²) < 4.78 is 1.14. The molecule has 2 aliphatic carbocycles. The van der Waals surface area contributed by atoms with E-state index in [1.165, 1.54) is 5.92 Å². The maximum atomic E-state index is 2.00. The second-order valence-corrected chi connectivity index (χ2v) is 5.14. The van der Waals surface area contributed by atoms with Gasteiger partial charge in [-0.05, 0) is 0 Å². The fourth-order valence-corrected chi connectivity index (χ4v) is 3.83. The molecule has 2 aliphatic rings. The van der Waals surface area contributed by atoms with E-state index in [0.29, 0.717) is 0 Å². The Morgan fingerprint density at radius 3 is 2.25 bits per heavy atom. The van der Waals surface area contributed by atoms with E-state index in [1.54, 1.807) is 25.7 Å². The van der Waals surface area contributed by atoms with Gasteiger partial charge in [-0.1, -0.05) is 0 Å². The Hall–Kier alpha value is 0.558. The van der Waals surface area contributed by atoms with Gasteiger partial charge in [-0.15, -0.1) is 0 Å². The van der Waals surface area contributed by atoms with Gasteiger partial charge in [0, 0.05) is 0 Å². The molecule has 2 fully saturated rings. The van der Waals surface area contributed by atoms with Crippen molar-refractivity contribution in [2.24, 2.45) is 11.8 Å². The van der Waals surface area contributed by atoms with Crippen molar-refractivity contribution in [3.05, 3.63) is 0 Å². The molecule has 0 radical (unpaired) electrons. The Morgan fingerprint density at radius 1 is 1.12 bits per heavy atom. The van der Waals surface area contributed by atoms with Crippen molar-refractivity contribution in [1.82, 2.24) is 0 Å². The zero-order valence-corrected chi connectivity index (χ0v) is 7.56. The maximum absolute atomic E-state index is 2.00. The molecule has 2 saturated carbocycles. The van der Waals surface area contributed by atoms with Crippen molar-refractivity contribution in [2.45, 2.75) is 30.4 Å². The molecule has 0 amide bonds. The van der Waals surface area contributed by atoms with Crippen LogP contribution < -0.4 is 0 Å². The molecule has 1 heteroatoms. The van der Waals surface area contributed by atoms with Crippen molar-refractivity contribution < 1.29 is 0 Å². The van der Waals surface area contributed by atoms with Gasteiger partial charge in [0.2, 0.25) is 0 Å². The van der Waals surface area contributed by atoms with Crippen molar-refractivity contribution in [1.29, 1.82) is 0 Å². The van der Waals surface area contributed by atoms with Crippen LogP contribution in [-0.2, 0) is 0 Å². The molecule has 0 nitrogen and oxygen atoms in total. The summed E-state index contributed by atoms with van der Waals surface area (Å²) in [6, 6.07) is 0. The van der Waals surface area contributed by atoms with Crippen molar-refractivity contribution in [3.8, 4) is 0 Å². The summed E-state index contributed by atoms with van der Waals surface area (Å²) in [7, 11) is 0. The molecule has 2 rings (SSSR count). The predicted octanol–water partition coefficient (Wildman–Crippen LogP) is 1.23. The Labute approximate surface area is 59.5 Å². The first kappa shape index (κ1) is 5.35. The van der Waals surface area contributed by atoms with Gasteiger partial charge >= 0.3 is 59.1 Å². The van der Waals surface area contributed by atoms with Crippen LogP contribution in [-0.4, -0.2) is 16.9 Å². The van der Waals surface area contributed by atoms with E-state index in [9.17, 15) is 0 Å². The van der Waals surface area contributed by atoms with E-state index >= 15 is 0 Å². The van der Waals surface area contributed by atoms with Crippen molar-refractivity contribution in [2.75, 3.05) is 0 Å². The molecular weight excluding hydrogens is 159 g/mol. The molecule has 0 aromatic rings. The van der Waals surface area contributed by atoms with Gasteiger partial charge in [0.25, 0.3) is 0 Å². The summed E-state index contributed by atoms with van der Waals surface area (Å²) in [5.41, 5.74) is 0. The van der Waals surface area contributed by atoms with Crippen LogP contribution in [0.25, 0.3) is 0 Å². The van der Waals surface area contributed by atoms with Crippen LogP contribution in [0.5, 0.6) is 0 Å². The van der Waals surface area contributed by atoms with E-state index < -0.39 is 0 Å². The number of fused-ring (bicyclic) bond motifs is 2. The van der Waals surface area contributed by atoms with Crippen LogP contribution in [0.1, 0.15) is 25.7 Å². The molecule has 0 N–H and O–H groups in total. The van der Waals surface area contributed by atoms with Crippen molar-refractivity contribution in [3.63, 3.8) is 0 Å². The molecule has 0 aromatic carbocycles. The quantitative estimate of drug-likeness (QED) is 0.482. The van der Waals surface area contributed by atoms with Crippen LogP contribution in [0, 0.1) is 11.8 Å². The Balaban J connectivity index is 2.11. The SMILES string of the molecule is [AsH2]C1CC2CCC1C2. The predicted molar refractivity (Wildman–Crippen MR) is 37.7 cm³/mol. The van der Waals surface area contributed by atoms with Crippen LogP contribution in [0.4, 0.5) is 0 Å². The zero-order chi connectivity index (χ0) is 5.56. The summed E-state index contributed by atoms with van der Waals surface area (Å²) in [4.78, 5) is 0. The summed E-state index contributed by atoms with van der Waals surface area (Å²) >= 11 is 2.00. The van der Waals surface area contributed by atoms with Gasteiger partial charge in [0.1, 0.15) is 0 Å². The fraction of sp³-hybridized carbons (Fsp3) is 1.00. The van der Waals surface area contributed by atoms with E-state index in [1.807, 2.05) is 16.9 Å². The van der Waals surface area contributed by atoms with E-state index in [4.69, 9.17) is 0 Å². The Bertz CT molecular complexity index is 98.6. The molecule has 0 aliphatic heterocycles. The average Bonchev–Trinajstić information content (AvgIpc) is 2.23. The normalized spacial score (nSPS) is 52.9. The molecule has 0 aromatic heterocycles. The third-order valence-electron chi connectivity index (χ3n) is 2.79. The second-order valence-electron chi connectivity index (χ2n) is 3.34. The third kappa shape index (κ3) is 0.657. The summed E-state index contributed by atoms with van der Waals surface area (Å²) in [5.74, 6) is 2.33. The topological polar surface area (TPSA) is 0 Å². The Kier molecular flexibility index (Phi) is 1.18. The standard InChI is InChI=1S/C7H13As/c8-7-4-5-1-2-6(7)3-5/h5-7H,1-4,8H2. The van der Waals surface area contributed by atoms with Gasteiger partial charge in [-0.2, -0.15) is 0 Å². The molecule has 0 saturated heterocycles. The monoisotopic (exact) mass is 172 g/mol. The third-order valence-corrected chi connectivity index (χ3v) is 4.51. The van der Waals surface area contributed by atoms with E-state index in [2.05, 4.69) is 0 Å². The van der Waals surface area contributed by atoms with Crippen molar-refractivity contribution >= 4 is 16.9 Å². The minimum atomic E-state index is 1.14. The number of hydrogen-bond donors (Lipinski definition) is 0. The molecular formula is C7H13As. The molecule has 0 spiro atoms. The first-order valence-corrected chi connectivity index (χ1v) is 5.01. The second kappa shape index (κ2) is 1.77. The fourth-order valence-electron chi connectivity index (χ4n) is 2.29. The molecule has 8 heavy (non-hydrogen) atoms. The summed E-state index contributed by atoms with van der Waals surface area (Å²) in [6.45, 7) is 0. The average molecular weight is 172 g/mol. The first-order valence-electron chi connectivity index (χ1n) is 3.62. The molecule has 4 atom stereocenters. The molecule has 4 unspecified atom stereocenters. The summed E-state index contributed by atoms with van der Waals surface area (Å²) in [6.07, 6.45) is 6.28. The molecule has 46 valence electrons. The van der Waals surface area contributed by atoms with Gasteiger partial charge < -0.3 is 0 Å². The van der Waals surface area contributed by atoms with Crippen LogP contribution in [0.3, 0.4) is 0 Å². The van der Waals surface area contributed by atoms with Crippen LogP contribution in [0.2, 0.25) is 4.71 Å². The first-order chi connectivity index (χ1) is 3.86. The van der Waals surface area contributed by atoms with E-state index in [0.717, 1.165) is 10.6 Å². The van der Waals surface area contributed by atoms with Gasteiger partial charge in [-0.25, -0.2) is 0 Å². The summed E-state index contributed by atoms with van der Waals surface area (Å²) in [5, 5.41) is 0. The van der Waals surface area contributed by atoms with Gasteiger partial charge in [-0.3, -0.25) is 0 Å². The molecule has 0 heterocycles. The van der Waals surface area contributed by atoms with E-state index in [-0.39, 0.29) is 0 Å². The van der Waals surface area contributed by atoms with Crippen LogP contribution >= 0.6 is 0 Å². The zero-order valence-electron chi connectivity index (χ0n) is 5.14. The number of hydrogen-bond acceptors (Lipinski definition) is 0. The molecule has 2 bridgehead atoms. The van der Waals surface area contributed by atoms with Crippen LogP contribution in [0.15, 0.2) is 0 Å². The minimum absolute atomic E-state index is 1.14. The number of rotatable bonds is 0. The van der Waals surface area contributed by atoms with Gasteiger partial charge in [0.15, 0.2) is 0 Å². The Morgan fingerprint density at radius 2 is 2.00 bits per heavy atom. The van der Waals surface area contributed by atoms with Gasteiger partial charge in [0.05, 0.1) is 0 Å².